The third kappa shape index (κ3) is 4.39. The summed E-state index contributed by atoms with van der Waals surface area (Å²) in [6.07, 6.45) is 2.10. The van der Waals surface area contributed by atoms with Crippen molar-refractivity contribution in [3.8, 4) is 11.8 Å². The van der Waals surface area contributed by atoms with Crippen LogP contribution in [0.4, 0.5) is 0 Å². The van der Waals surface area contributed by atoms with E-state index in [1.165, 1.54) is 11.3 Å². The molecule has 0 unspecified atom stereocenters. The molecule has 6 heteroatoms. The zero-order valence-corrected chi connectivity index (χ0v) is 13.6. The van der Waals surface area contributed by atoms with Crippen LogP contribution in [0.5, 0.6) is 0 Å². The van der Waals surface area contributed by atoms with E-state index in [1.54, 1.807) is 29.5 Å². The zero-order valence-electron chi connectivity index (χ0n) is 11.9. The minimum atomic E-state index is -0.0121. The summed E-state index contributed by atoms with van der Waals surface area (Å²) in [7, 11) is 1.79. The van der Waals surface area contributed by atoms with E-state index in [9.17, 15) is 4.79 Å². The molecule has 21 heavy (non-hydrogen) atoms. The molecule has 0 bridgehead atoms. The molecule has 1 N–H and O–H groups in total. The number of aliphatic hydroxyl groups excluding tert-OH is 1. The van der Waals surface area contributed by atoms with Gasteiger partial charge in [-0.1, -0.05) is 11.8 Å². The Bertz CT molecular complexity index is 679. The number of rotatable bonds is 4. The van der Waals surface area contributed by atoms with Gasteiger partial charge in [-0.25, -0.2) is 4.98 Å². The Kier molecular flexibility index (Phi) is 5.51. The number of carbonyl (C=O) groups is 1. The second-order valence-electron chi connectivity index (χ2n) is 4.48. The van der Waals surface area contributed by atoms with Crippen LogP contribution in [0.15, 0.2) is 17.6 Å². The molecule has 2 aromatic rings. The Labute approximate surface area is 132 Å². The van der Waals surface area contributed by atoms with E-state index < -0.39 is 0 Å². The molecule has 0 spiro atoms. The summed E-state index contributed by atoms with van der Waals surface area (Å²) in [6.45, 7) is 2.52. The first kappa shape index (κ1) is 15.7. The molecule has 0 radical (unpaired) electrons. The second kappa shape index (κ2) is 7.36. The standard InChI is InChI=1S/C15H16N2O2S2/c1-11-16-8-14(21-11)15(19)17(2)9-13-7-12(10-20-13)5-3-4-6-18/h7-8,10,18H,4,6,9H2,1-2H3. The molecule has 0 atom stereocenters. The van der Waals surface area contributed by atoms with Gasteiger partial charge in [0.1, 0.15) is 4.88 Å². The molecule has 0 aliphatic heterocycles. The molecule has 0 fully saturated rings. The van der Waals surface area contributed by atoms with Gasteiger partial charge in [0.25, 0.3) is 5.91 Å². The number of carbonyl (C=O) groups excluding carboxylic acids is 1. The Morgan fingerprint density at radius 2 is 2.33 bits per heavy atom. The average Bonchev–Trinajstić information content (AvgIpc) is 3.07. The van der Waals surface area contributed by atoms with Crippen LogP contribution in [-0.2, 0) is 6.54 Å². The summed E-state index contributed by atoms with van der Waals surface area (Å²) in [4.78, 5) is 19.8. The molecular weight excluding hydrogens is 304 g/mol. The van der Waals surface area contributed by atoms with Gasteiger partial charge in [-0.3, -0.25) is 4.79 Å². The van der Waals surface area contributed by atoms with Gasteiger partial charge >= 0.3 is 0 Å². The summed E-state index contributed by atoms with van der Waals surface area (Å²) >= 11 is 2.99. The zero-order chi connectivity index (χ0) is 15.2. The Morgan fingerprint density at radius 3 is 3.00 bits per heavy atom. The molecule has 0 aliphatic rings. The molecule has 2 aromatic heterocycles. The van der Waals surface area contributed by atoms with Crippen LogP contribution in [0.25, 0.3) is 0 Å². The van der Waals surface area contributed by atoms with Crippen molar-refractivity contribution >= 4 is 28.6 Å². The maximum absolute atomic E-state index is 12.2. The maximum Gasteiger partial charge on any atom is 0.265 e. The van der Waals surface area contributed by atoms with E-state index in [-0.39, 0.29) is 12.5 Å². The van der Waals surface area contributed by atoms with Crippen LogP contribution in [-0.4, -0.2) is 34.6 Å². The number of thiazole rings is 1. The first-order valence-electron chi connectivity index (χ1n) is 6.45. The van der Waals surface area contributed by atoms with Crippen molar-refractivity contribution in [1.82, 2.24) is 9.88 Å². The SMILES string of the molecule is Cc1ncc(C(=O)N(C)Cc2cc(C#CCCO)cs2)s1. The van der Waals surface area contributed by atoms with Crippen LogP contribution in [0.3, 0.4) is 0 Å². The molecule has 110 valence electrons. The van der Waals surface area contributed by atoms with Crippen LogP contribution in [0.1, 0.15) is 31.5 Å². The Hall–Kier alpha value is -1.68. The lowest BCUT2D eigenvalue weighted by atomic mass is 10.3. The van der Waals surface area contributed by atoms with Gasteiger partial charge in [-0.2, -0.15) is 0 Å². The fraction of sp³-hybridized carbons (Fsp3) is 0.333. The average molecular weight is 320 g/mol. The highest BCUT2D eigenvalue weighted by atomic mass is 32.1. The summed E-state index contributed by atoms with van der Waals surface area (Å²) in [6, 6.07) is 1.98. The number of nitrogens with zero attached hydrogens (tertiary/aromatic N) is 2. The third-order valence-corrected chi connectivity index (χ3v) is 4.52. The lowest BCUT2D eigenvalue weighted by molar-refractivity contribution is 0.0791. The fourth-order valence-corrected chi connectivity index (χ4v) is 3.34. The monoisotopic (exact) mass is 320 g/mol. The number of amides is 1. The van der Waals surface area contributed by atoms with Gasteiger partial charge in [-0.05, 0) is 13.0 Å². The first-order valence-corrected chi connectivity index (χ1v) is 8.15. The lowest BCUT2D eigenvalue weighted by Gasteiger charge is -2.14. The van der Waals surface area contributed by atoms with E-state index >= 15 is 0 Å². The van der Waals surface area contributed by atoms with Gasteiger partial charge in [0.05, 0.1) is 24.4 Å². The highest BCUT2D eigenvalue weighted by molar-refractivity contribution is 7.13. The summed E-state index contributed by atoms with van der Waals surface area (Å²) in [5.41, 5.74) is 0.929. The number of aliphatic hydroxyl groups is 1. The van der Waals surface area contributed by atoms with Crippen molar-refractivity contribution in [2.45, 2.75) is 19.9 Å². The number of aromatic nitrogens is 1. The highest BCUT2D eigenvalue weighted by Gasteiger charge is 2.15. The molecule has 1 amide bonds. The predicted octanol–water partition coefficient (Wildman–Crippen LogP) is 2.52. The molecule has 0 aliphatic carbocycles. The van der Waals surface area contributed by atoms with Gasteiger partial charge < -0.3 is 10.0 Å². The predicted molar refractivity (Wildman–Crippen MR) is 85.5 cm³/mol. The van der Waals surface area contributed by atoms with Crippen molar-refractivity contribution in [1.29, 1.82) is 0 Å². The molecular formula is C15H16N2O2S2. The molecule has 2 heterocycles. The van der Waals surface area contributed by atoms with Crippen LogP contribution >= 0.6 is 22.7 Å². The highest BCUT2D eigenvalue weighted by Crippen LogP contribution is 2.18. The topological polar surface area (TPSA) is 53.4 Å². The van der Waals surface area contributed by atoms with E-state index in [0.29, 0.717) is 17.8 Å². The van der Waals surface area contributed by atoms with Gasteiger partial charge in [0.15, 0.2) is 0 Å². The molecule has 4 nitrogen and oxygen atoms in total. The molecule has 0 saturated heterocycles. The van der Waals surface area contributed by atoms with Crippen LogP contribution in [0.2, 0.25) is 0 Å². The minimum Gasteiger partial charge on any atom is -0.395 e. The van der Waals surface area contributed by atoms with E-state index in [2.05, 4.69) is 16.8 Å². The number of aryl methyl sites for hydroxylation is 1. The van der Waals surface area contributed by atoms with E-state index in [0.717, 1.165) is 15.4 Å². The van der Waals surface area contributed by atoms with Crippen LogP contribution < -0.4 is 0 Å². The van der Waals surface area contributed by atoms with Crippen molar-refractivity contribution in [3.05, 3.63) is 38.0 Å². The van der Waals surface area contributed by atoms with Gasteiger partial charge in [-0.15, -0.1) is 22.7 Å². The van der Waals surface area contributed by atoms with Crippen LogP contribution in [0, 0.1) is 18.8 Å². The summed E-state index contributed by atoms with van der Waals surface area (Å²) in [5.74, 6) is 5.87. The quantitative estimate of drug-likeness (QED) is 0.881. The van der Waals surface area contributed by atoms with Crippen molar-refractivity contribution in [3.63, 3.8) is 0 Å². The van der Waals surface area contributed by atoms with Crippen molar-refractivity contribution in [2.75, 3.05) is 13.7 Å². The largest absolute Gasteiger partial charge is 0.395 e. The van der Waals surface area contributed by atoms with Gasteiger partial charge in [0.2, 0.25) is 0 Å². The second-order valence-corrected chi connectivity index (χ2v) is 6.71. The van der Waals surface area contributed by atoms with E-state index in [4.69, 9.17) is 5.11 Å². The van der Waals surface area contributed by atoms with E-state index in [1.807, 2.05) is 18.4 Å². The fourth-order valence-electron chi connectivity index (χ4n) is 1.70. The smallest absolute Gasteiger partial charge is 0.265 e. The Morgan fingerprint density at radius 1 is 1.52 bits per heavy atom. The molecule has 0 aromatic carbocycles. The minimum absolute atomic E-state index is 0.0121. The summed E-state index contributed by atoms with van der Waals surface area (Å²) in [5, 5.41) is 11.6. The number of thiophene rings is 1. The van der Waals surface area contributed by atoms with Crippen molar-refractivity contribution in [2.24, 2.45) is 0 Å². The normalized spacial score (nSPS) is 10.0. The van der Waals surface area contributed by atoms with Gasteiger partial charge in [0, 0.05) is 29.3 Å². The lowest BCUT2D eigenvalue weighted by Crippen LogP contribution is -2.24. The molecule has 2 rings (SSSR count). The summed E-state index contributed by atoms with van der Waals surface area (Å²) < 4.78 is 0. The Balaban J connectivity index is 1.98. The first-order chi connectivity index (χ1) is 10.1. The number of hydrogen-bond acceptors (Lipinski definition) is 5. The number of hydrogen-bond donors (Lipinski definition) is 1. The molecule has 0 saturated carbocycles. The van der Waals surface area contributed by atoms with Crippen molar-refractivity contribution < 1.29 is 9.90 Å². The maximum atomic E-state index is 12.2. The third-order valence-electron chi connectivity index (χ3n) is 2.70.